The minimum Gasteiger partial charge on any atom is -0.496 e. The number of carboxylic acid groups (broad SMARTS) is 1. The van der Waals surface area contributed by atoms with Gasteiger partial charge in [0.25, 0.3) is 5.56 Å². The molecule has 2 N–H and O–H groups in total. The number of aliphatic carboxylic acids is 1. The third-order valence-corrected chi connectivity index (χ3v) is 5.37. The Morgan fingerprint density at radius 3 is 2.44 bits per heavy atom. The summed E-state index contributed by atoms with van der Waals surface area (Å²) >= 11 is 0. The van der Waals surface area contributed by atoms with E-state index in [2.05, 4.69) is 0 Å². The van der Waals surface area contributed by atoms with Crippen LogP contribution in [0.15, 0.2) is 53.3 Å². The van der Waals surface area contributed by atoms with Gasteiger partial charge in [-0.2, -0.15) is 0 Å². The van der Waals surface area contributed by atoms with Gasteiger partial charge in [-0.15, -0.1) is 0 Å². The SMILES string of the molecule is COc1cc(F)ccc1-c1c(/C=C/C(O)CC(=O)CC(=O)O)c2ccccc2c(=O)n1C(C)C. The van der Waals surface area contributed by atoms with Gasteiger partial charge < -0.3 is 19.5 Å². The van der Waals surface area contributed by atoms with Crippen molar-refractivity contribution >= 4 is 28.6 Å². The number of carbonyl (C=O) groups excluding carboxylic acids is 1. The van der Waals surface area contributed by atoms with Gasteiger partial charge in [0.1, 0.15) is 23.8 Å². The van der Waals surface area contributed by atoms with E-state index in [1.54, 1.807) is 34.9 Å². The Morgan fingerprint density at radius 2 is 1.82 bits per heavy atom. The van der Waals surface area contributed by atoms with Crippen LogP contribution in [-0.2, 0) is 9.59 Å². The van der Waals surface area contributed by atoms with Crippen molar-refractivity contribution in [2.75, 3.05) is 7.11 Å². The fraction of sp³-hybridized carbons (Fsp3) is 0.269. The van der Waals surface area contributed by atoms with E-state index in [0.717, 1.165) is 0 Å². The lowest BCUT2D eigenvalue weighted by molar-refractivity contribution is -0.140. The summed E-state index contributed by atoms with van der Waals surface area (Å²) in [7, 11) is 1.41. The molecule has 1 atom stereocenters. The molecule has 7 nitrogen and oxygen atoms in total. The Bertz CT molecular complexity index is 1320. The maximum atomic E-state index is 13.9. The van der Waals surface area contributed by atoms with Gasteiger partial charge in [-0.1, -0.05) is 30.4 Å². The molecular weight excluding hydrogens is 441 g/mol. The smallest absolute Gasteiger partial charge is 0.310 e. The fourth-order valence-electron chi connectivity index (χ4n) is 3.94. The van der Waals surface area contributed by atoms with Gasteiger partial charge in [0, 0.05) is 35.0 Å². The monoisotopic (exact) mass is 467 g/mol. The van der Waals surface area contributed by atoms with E-state index in [9.17, 15) is 23.9 Å². The van der Waals surface area contributed by atoms with Crippen LogP contribution in [-0.4, -0.2) is 39.7 Å². The number of pyridine rings is 1. The molecule has 1 heterocycles. The zero-order valence-corrected chi connectivity index (χ0v) is 19.1. The van der Waals surface area contributed by atoms with Crippen LogP contribution in [0.1, 0.15) is 38.3 Å². The highest BCUT2D eigenvalue weighted by molar-refractivity contribution is 5.97. The first-order valence-electron chi connectivity index (χ1n) is 10.7. The topological polar surface area (TPSA) is 106 Å². The minimum atomic E-state index is -1.26. The lowest BCUT2D eigenvalue weighted by atomic mass is 9.96. The first-order valence-corrected chi connectivity index (χ1v) is 10.7. The van der Waals surface area contributed by atoms with Crippen LogP contribution in [0.5, 0.6) is 5.75 Å². The number of rotatable bonds is 9. The number of hydrogen-bond donors (Lipinski definition) is 2. The minimum absolute atomic E-state index is 0.232. The highest BCUT2D eigenvalue weighted by Crippen LogP contribution is 2.37. The first-order chi connectivity index (χ1) is 16.1. The Balaban J connectivity index is 2.29. The molecule has 8 heteroatoms. The second kappa shape index (κ2) is 10.4. The summed E-state index contributed by atoms with van der Waals surface area (Å²) in [5.41, 5.74) is 1.28. The summed E-state index contributed by atoms with van der Waals surface area (Å²) in [6.07, 6.45) is 0.713. The van der Waals surface area contributed by atoms with Crippen molar-refractivity contribution in [2.45, 2.75) is 38.8 Å². The number of carbonyl (C=O) groups is 2. The van der Waals surface area contributed by atoms with Crippen molar-refractivity contribution in [3.8, 4) is 17.0 Å². The molecule has 34 heavy (non-hydrogen) atoms. The van der Waals surface area contributed by atoms with E-state index in [1.807, 2.05) is 13.8 Å². The number of carboxylic acids is 1. The summed E-state index contributed by atoms with van der Waals surface area (Å²) < 4.78 is 20.9. The molecule has 0 bridgehead atoms. The molecule has 1 unspecified atom stereocenters. The summed E-state index contributed by atoms with van der Waals surface area (Å²) in [4.78, 5) is 36.0. The summed E-state index contributed by atoms with van der Waals surface area (Å²) in [5.74, 6) is -2.14. The van der Waals surface area contributed by atoms with Gasteiger partial charge in [-0.05, 0) is 37.4 Å². The summed E-state index contributed by atoms with van der Waals surface area (Å²) in [6.45, 7) is 3.70. The van der Waals surface area contributed by atoms with Gasteiger partial charge >= 0.3 is 5.97 Å². The summed E-state index contributed by atoms with van der Waals surface area (Å²) in [5, 5.41) is 20.2. The van der Waals surface area contributed by atoms with Crippen LogP contribution in [0.3, 0.4) is 0 Å². The van der Waals surface area contributed by atoms with Crippen molar-refractivity contribution in [1.29, 1.82) is 0 Å². The second-order valence-corrected chi connectivity index (χ2v) is 8.16. The number of ketones is 1. The molecule has 0 aliphatic heterocycles. The number of aliphatic hydroxyl groups is 1. The number of Topliss-reactive ketones (excluding diaryl/α,β-unsaturated/α-hetero) is 1. The number of nitrogens with zero attached hydrogens (tertiary/aromatic N) is 1. The average Bonchev–Trinajstić information content (AvgIpc) is 2.77. The Hall–Kier alpha value is -3.78. The second-order valence-electron chi connectivity index (χ2n) is 8.16. The number of aliphatic hydroxyl groups excluding tert-OH is 1. The van der Waals surface area contributed by atoms with E-state index in [4.69, 9.17) is 9.84 Å². The maximum Gasteiger partial charge on any atom is 0.310 e. The lowest BCUT2D eigenvalue weighted by Gasteiger charge is -2.22. The van der Waals surface area contributed by atoms with Crippen molar-refractivity contribution in [3.63, 3.8) is 0 Å². The molecule has 0 radical (unpaired) electrons. The van der Waals surface area contributed by atoms with Crippen molar-refractivity contribution in [3.05, 3.63) is 70.3 Å². The summed E-state index contributed by atoms with van der Waals surface area (Å²) in [6, 6.07) is 10.8. The number of benzene rings is 2. The third kappa shape index (κ3) is 5.23. The normalized spacial score (nSPS) is 12.4. The van der Waals surface area contributed by atoms with Crippen LogP contribution in [0.25, 0.3) is 28.1 Å². The van der Waals surface area contributed by atoms with E-state index in [0.29, 0.717) is 27.6 Å². The molecule has 0 spiro atoms. The zero-order chi connectivity index (χ0) is 25.0. The molecule has 0 aliphatic carbocycles. The number of halogens is 1. The van der Waals surface area contributed by atoms with Gasteiger partial charge in [0.15, 0.2) is 0 Å². The molecule has 3 rings (SSSR count). The van der Waals surface area contributed by atoms with Gasteiger partial charge in [0.2, 0.25) is 0 Å². The van der Waals surface area contributed by atoms with Gasteiger partial charge in [0.05, 0.1) is 18.9 Å². The van der Waals surface area contributed by atoms with Crippen molar-refractivity contribution in [2.24, 2.45) is 0 Å². The standard InChI is InChI=1S/C26H26FNO6/c1-15(2)28-25(22-10-8-16(27)12-23(22)34-3)20(19-6-4-5-7-21(19)26(28)33)11-9-17(29)13-18(30)14-24(31)32/h4-12,15,17,29H,13-14H2,1-3H3,(H,31,32)/b11-9+. The van der Waals surface area contributed by atoms with Crippen molar-refractivity contribution < 1.29 is 28.9 Å². The quantitative estimate of drug-likeness (QED) is 0.457. The van der Waals surface area contributed by atoms with Crippen LogP contribution in [0, 0.1) is 5.82 Å². The Labute approximate surface area is 195 Å². The molecule has 0 amide bonds. The van der Waals surface area contributed by atoms with Crippen LogP contribution in [0.2, 0.25) is 0 Å². The highest BCUT2D eigenvalue weighted by atomic mass is 19.1. The Kier molecular flexibility index (Phi) is 7.63. The van der Waals surface area contributed by atoms with Crippen LogP contribution in [0.4, 0.5) is 4.39 Å². The molecule has 3 aromatic rings. The van der Waals surface area contributed by atoms with E-state index in [-0.39, 0.29) is 23.8 Å². The number of ether oxygens (including phenoxy) is 1. The number of fused-ring (bicyclic) bond motifs is 1. The largest absolute Gasteiger partial charge is 0.496 e. The first kappa shape index (κ1) is 24.9. The molecule has 0 saturated carbocycles. The Morgan fingerprint density at radius 1 is 1.15 bits per heavy atom. The number of aromatic nitrogens is 1. The molecule has 2 aromatic carbocycles. The van der Waals surface area contributed by atoms with E-state index >= 15 is 0 Å². The molecule has 0 saturated heterocycles. The molecular formula is C26H26FNO6. The van der Waals surface area contributed by atoms with Gasteiger partial charge in [-0.25, -0.2) is 4.39 Å². The fourth-order valence-corrected chi connectivity index (χ4v) is 3.94. The maximum absolute atomic E-state index is 13.9. The third-order valence-electron chi connectivity index (χ3n) is 5.37. The van der Waals surface area contributed by atoms with E-state index in [1.165, 1.54) is 31.4 Å². The lowest BCUT2D eigenvalue weighted by Crippen LogP contribution is -2.25. The predicted octanol–water partition coefficient (Wildman–Crippen LogP) is 4.21. The average molecular weight is 467 g/mol. The van der Waals surface area contributed by atoms with Crippen molar-refractivity contribution in [1.82, 2.24) is 4.57 Å². The zero-order valence-electron chi connectivity index (χ0n) is 19.1. The predicted molar refractivity (Wildman–Crippen MR) is 127 cm³/mol. The number of hydrogen-bond acceptors (Lipinski definition) is 5. The molecule has 178 valence electrons. The van der Waals surface area contributed by atoms with Crippen LogP contribution >= 0.6 is 0 Å². The van der Waals surface area contributed by atoms with E-state index < -0.39 is 30.1 Å². The molecule has 1 aromatic heterocycles. The molecule has 0 aliphatic rings. The van der Waals surface area contributed by atoms with Gasteiger partial charge in [-0.3, -0.25) is 14.4 Å². The van der Waals surface area contributed by atoms with Crippen LogP contribution < -0.4 is 10.3 Å². The molecule has 0 fully saturated rings. The number of methoxy groups -OCH3 is 1. The highest BCUT2D eigenvalue weighted by Gasteiger charge is 2.22.